The van der Waals surface area contributed by atoms with Crippen LogP contribution >= 0.6 is 84.4 Å². The summed E-state index contributed by atoms with van der Waals surface area (Å²) >= 11 is 24.7. The molecular formula is C43H39Br3N10OS3. The summed E-state index contributed by atoms with van der Waals surface area (Å²) in [5, 5.41) is 22.8. The van der Waals surface area contributed by atoms with Gasteiger partial charge in [0.15, 0.2) is 15.3 Å². The maximum atomic E-state index is 9.61. The predicted molar refractivity (Wildman–Crippen MR) is 269 cm³/mol. The highest BCUT2D eigenvalue weighted by atomic mass is 79.9. The maximum absolute atomic E-state index is 9.61. The fraction of sp³-hybridized carbons (Fsp3) is 0.0233. The quantitative estimate of drug-likeness (QED) is 0.0299. The fourth-order valence-corrected chi connectivity index (χ4v) is 6.59. The van der Waals surface area contributed by atoms with Gasteiger partial charge in [-0.25, -0.2) is 0 Å². The summed E-state index contributed by atoms with van der Waals surface area (Å²) in [5.74, 6) is 0.167. The molecular weight excluding hydrogens is 1010 g/mol. The summed E-state index contributed by atoms with van der Waals surface area (Å²) in [6.45, 7) is 2.04. The van der Waals surface area contributed by atoms with Crippen LogP contribution < -0.4 is 39.2 Å². The Morgan fingerprint density at radius 1 is 0.467 bits per heavy atom. The van der Waals surface area contributed by atoms with E-state index in [0.29, 0.717) is 17.1 Å². The van der Waals surface area contributed by atoms with Gasteiger partial charge in [0, 0.05) is 52.5 Å². The number of rotatable bonds is 9. The van der Waals surface area contributed by atoms with Crippen LogP contribution in [0.1, 0.15) is 38.9 Å². The predicted octanol–water partition coefficient (Wildman–Crippen LogP) is 8.70. The lowest BCUT2D eigenvalue weighted by Gasteiger charge is -2.09. The summed E-state index contributed by atoms with van der Waals surface area (Å²) in [6.07, 6.45) is 0. The smallest absolute Gasteiger partial charge is 0.184 e. The Labute approximate surface area is 389 Å². The third-order valence-corrected chi connectivity index (χ3v) is 9.45. The molecule has 6 aromatic rings. The van der Waals surface area contributed by atoms with Crippen LogP contribution in [0.25, 0.3) is 0 Å². The number of benzene rings is 6. The number of nitrogens with zero attached hydrogens (tertiary/aromatic N) is 3. The number of hydrogen-bond donors (Lipinski definition) is 8. The largest absolute Gasteiger partial charge is 0.508 e. The molecule has 17 heteroatoms. The van der Waals surface area contributed by atoms with Crippen molar-refractivity contribution >= 4 is 123 Å². The van der Waals surface area contributed by atoms with Crippen LogP contribution in [0.15, 0.2) is 174 Å². The molecule has 0 radical (unpaired) electrons. The minimum Gasteiger partial charge on any atom is -0.508 e. The van der Waals surface area contributed by atoms with Crippen LogP contribution in [0.5, 0.6) is 5.75 Å². The van der Waals surface area contributed by atoms with Gasteiger partial charge in [0.1, 0.15) is 5.75 Å². The van der Waals surface area contributed by atoms with Gasteiger partial charge in [-0.2, -0.15) is 15.3 Å². The SMILES string of the molecule is Cc1cccc(/C(=N/NC(N)=S)c2cccc(Br)c2)c1.NC(=S)N/N=C(/c1cccc(N)c1)c1cccc(Br)c1.NC(=S)N/N=C(/c1cccc(O)c1)c1cccc(Br)c1. The molecule has 0 aromatic heterocycles. The van der Waals surface area contributed by atoms with Crippen molar-refractivity contribution in [2.45, 2.75) is 6.92 Å². The highest BCUT2D eigenvalue weighted by Crippen LogP contribution is 2.21. The van der Waals surface area contributed by atoms with E-state index >= 15 is 0 Å². The molecule has 0 heterocycles. The number of thiocarbonyl (C=S) groups is 3. The molecule has 306 valence electrons. The van der Waals surface area contributed by atoms with E-state index in [4.69, 9.17) is 59.6 Å². The average Bonchev–Trinajstić information content (AvgIpc) is 3.19. The van der Waals surface area contributed by atoms with Crippen LogP contribution in [-0.4, -0.2) is 37.6 Å². The van der Waals surface area contributed by atoms with E-state index in [1.165, 1.54) is 5.56 Å². The van der Waals surface area contributed by atoms with Crippen LogP contribution in [-0.2, 0) is 0 Å². The summed E-state index contributed by atoms with van der Waals surface area (Å²) in [6, 6.07) is 45.8. The number of nitrogens with one attached hydrogen (secondary N) is 3. The average molecular weight is 1050 g/mol. The molecule has 0 amide bonds. The number of hydrogen-bond acceptors (Lipinski definition) is 8. The van der Waals surface area contributed by atoms with Crippen molar-refractivity contribution < 1.29 is 5.11 Å². The number of phenols is 1. The first kappa shape index (κ1) is 47.1. The van der Waals surface area contributed by atoms with Gasteiger partial charge in [-0.3, -0.25) is 16.3 Å². The van der Waals surface area contributed by atoms with Gasteiger partial charge < -0.3 is 28.0 Å². The molecule has 6 aromatic carbocycles. The molecule has 6 rings (SSSR count). The number of anilines is 1. The molecule has 0 saturated heterocycles. The lowest BCUT2D eigenvalue weighted by molar-refractivity contribution is 0.475. The normalized spacial score (nSPS) is 11.2. The molecule has 0 bridgehead atoms. The van der Waals surface area contributed by atoms with Crippen LogP contribution in [0.2, 0.25) is 0 Å². The van der Waals surface area contributed by atoms with Gasteiger partial charge in [-0.1, -0.05) is 132 Å². The second-order valence-corrected chi connectivity index (χ2v) is 16.5. The number of phenolic OH excluding ortho intramolecular Hbond substituents is 1. The van der Waals surface area contributed by atoms with Crippen LogP contribution in [0.4, 0.5) is 5.69 Å². The Bertz CT molecular complexity index is 2150. The summed E-state index contributed by atoms with van der Waals surface area (Å²) in [4.78, 5) is 0. The third kappa shape index (κ3) is 15.9. The van der Waals surface area contributed by atoms with Gasteiger partial charge in [0.05, 0.1) is 17.1 Å². The van der Waals surface area contributed by atoms with Gasteiger partial charge in [0.25, 0.3) is 0 Å². The highest BCUT2D eigenvalue weighted by molar-refractivity contribution is 9.11. The number of nitrogen functional groups attached to an aromatic ring is 1. The molecule has 0 fully saturated rings. The molecule has 0 atom stereocenters. The lowest BCUT2D eigenvalue weighted by Crippen LogP contribution is -2.26. The van der Waals surface area contributed by atoms with Crippen molar-refractivity contribution in [3.63, 3.8) is 0 Å². The summed E-state index contributed by atoms with van der Waals surface area (Å²) in [5.41, 5.74) is 39.4. The minimum atomic E-state index is 0.0812. The molecule has 12 N–H and O–H groups in total. The topological polar surface area (TPSA) is 197 Å². The molecule has 0 saturated carbocycles. The molecule has 0 aliphatic heterocycles. The first-order chi connectivity index (χ1) is 28.7. The first-order valence-electron chi connectivity index (χ1n) is 17.6. The zero-order chi connectivity index (χ0) is 43.6. The van der Waals surface area contributed by atoms with Gasteiger partial charge >= 0.3 is 0 Å². The number of nitrogens with two attached hydrogens (primary N) is 4. The van der Waals surface area contributed by atoms with E-state index in [-0.39, 0.29) is 21.1 Å². The Kier molecular flexibility index (Phi) is 18.8. The van der Waals surface area contributed by atoms with Crippen molar-refractivity contribution in [3.05, 3.63) is 198 Å². The zero-order valence-corrected chi connectivity index (χ0v) is 39.0. The highest BCUT2D eigenvalue weighted by Gasteiger charge is 2.11. The van der Waals surface area contributed by atoms with Crippen LogP contribution in [0, 0.1) is 6.92 Å². The van der Waals surface area contributed by atoms with Crippen molar-refractivity contribution in [3.8, 4) is 5.75 Å². The van der Waals surface area contributed by atoms with E-state index in [1.54, 1.807) is 18.2 Å². The molecule has 0 unspecified atom stereocenters. The van der Waals surface area contributed by atoms with Gasteiger partial charge in [-0.15, -0.1) is 0 Å². The van der Waals surface area contributed by atoms with E-state index in [9.17, 15) is 5.11 Å². The second-order valence-electron chi connectivity index (χ2n) is 12.4. The zero-order valence-electron chi connectivity index (χ0n) is 31.8. The number of aryl methyl sites for hydroxylation is 1. The van der Waals surface area contributed by atoms with Crippen molar-refractivity contribution in [2.75, 3.05) is 5.73 Å². The summed E-state index contributed by atoms with van der Waals surface area (Å²) < 4.78 is 2.88. The van der Waals surface area contributed by atoms with E-state index < -0.39 is 0 Å². The number of hydrazone groups is 3. The van der Waals surface area contributed by atoms with Crippen molar-refractivity contribution in [1.82, 2.24) is 16.3 Å². The van der Waals surface area contributed by atoms with Gasteiger partial charge in [-0.05, 0) is 110 Å². The molecule has 0 aliphatic carbocycles. The molecule has 11 nitrogen and oxygen atoms in total. The Morgan fingerprint density at radius 3 is 1.12 bits per heavy atom. The van der Waals surface area contributed by atoms with Gasteiger partial charge in [0.2, 0.25) is 0 Å². The monoisotopic (exact) mass is 1040 g/mol. The van der Waals surface area contributed by atoms with Crippen molar-refractivity contribution in [2.24, 2.45) is 32.5 Å². The Morgan fingerprint density at radius 2 is 0.783 bits per heavy atom. The van der Waals surface area contributed by atoms with Crippen LogP contribution in [0.3, 0.4) is 0 Å². The van der Waals surface area contributed by atoms with E-state index in [0.717, 1.165) is 52.5 Å². The number of aromatic hydroxyl groups is 1. The standard InChI is InChI=1S/C15H14BrN3S.C14H13BrN4S.C14H12BrN3OS/c1-10-4-2-5-11(8-10)14(18-19-15(17)20)12-6-3-7-13(16)9-12;15-11-5-1-3-9(7-11)13(18-19-14(17)20)10-4-2-6-12(16)8-10;15-11-5-1-3-9(7-11)13(17-18-14(16)20)10-4-2-6-12(19)8-10/h2-9H,1H3,(H3,17,19,20);1-8H,16H2,(H3,17,19,20);1-8,19H,(H3,16,18,20)/b18-14-;18-13+;17-13+. The lowest BCUT2D eigenvalue weighted by atomic mass is 10.0. The van der Waals surface area contributed by atoms with E-state index in [2.05, 4.69) is 85.4 Å². The minimum absolute atomic E-state index is 0.0812. The van der Waals surface area contributed by atoms with Crippen molar-refractivity contribution in [1.29, 1.82) is 0 Å². The molecule has 60 heavy (non-hydrogen) atoms. The Hall–Kier alpha value is -5.56. The molecule has 0 spiro atoms. The summed E-state index contributed by atoms with van der Waals surface area (Å²) in [7, 11) is 0. The maximum Gasteiger partial charge on any atom is 0.184 e. The van der Waals surface area contributed by atoms with E-state index in [1.807, 2.05) is 128 Å². The third-order valence-electron chi connectivity index (χ3n) is 7.70. The first-order valence-corrected chi connectivity index (χ1v) is 21.2. The Balaban J connectivity index is 0.000000198. The number of halogens is 3. The molecule has 0 aliphatic rings. The second kappa shape index (κ2) is 23.9. The fourth-order valence-electron chi connectivity index (χ4n) is 5.26.